The van der Waals surface area contributed by atoms with Gasteiger partial charge in [-0.05, 0) is 11.8 Å². The molecule has 5 heteroatoms. The second-order valence-electron chi connectivity index (χ2n) is 4.24. The second-order valence-corrected chi connectivity index (χ2v) is 6.00. The van der Waals surface area contributed by atoms with Crippen LogP contribution in [0.3, 0.4) is 0 Å². The van der Waals surface area contributed by atoms with Gasteiger partial charge in [-0.3, -0.25) is 0 Å². The lowest BCUT2D eigenvalue weighted by Gasteiger charge is -2.22. The molecule has 1 N–H and O–H groups in total. The first-order valence-corrected chi connectivity index (χ1v) is 6.06. The van der Waals surface area contributed by atoms with Crippen molar-refractivity contribution in [3.63, 3.8) is 0 Å². The van der Waals surface area contributed by atoms with Crippen molar-refractivity contribution in [2.24, 2.45) is 5.41 Å². The Morgan fingerprint density at radius 3 is 2.31 bits per heavy atom. The van der Waals surface area contributed by atoms with E-state index in [4.69, 9.17) is 0 Å². The molecule has 0 spiro atoms. The lowest BCUT2D eigenvalue weighted by molar-refractivity contribution is 0.348. The molecule has 13 heavy (non-hydrogen) atoms. The third-order valence-electron chi connectivity index (χ3n) is 2.44. The summed E-state index contributed by atoms with van der Waals surface area (Å²) in [6.45, 7) is 8.02. The fourth-order valence-corrected chi connectivity index (χ4v) is 2.10. The zero-order chi connectivity index (χ0) is 10.1. The number of nitrogens with zero attached hydrogens (tertiary/aromatic N) is 1. The molecule has 0 radical (unpaired) electrons. The van der Waals surface area contributed by atoms with Crippen molar-refractivity contribution in [3.05, 3.63) is 0 Å². The van der Waals surface area contributed by atoms with Crippen molar-refractivity contribution < 1.29 is 8.42 Å². The summed E-state index contributed by atoms with van der Waals surface area (Å²) in [7, 11) is -3.15. The second kappa shape index (κ2) is 3.55. The largest absolute Gasteiger partial charge is 0.279 e. The molecule has 0 unspecified atom stereocenters. The van der Waals surface area contributed by atoms with Crippen molar-refractivity contribution in [3.8, 4) is 0 Å². The third-order valence-corrected chi connectivity index (χ3v) is 3.99. The van der Waals surface area contributed by atoms with Crippen molar-refractivity contribution in [1.29, 1.82) is 0 Å². The van der Waals surface area contributed by atoms with E-state index in [9.17, 15) is 8.42 Å². The SMILES string of the molecule is CCC(C)(C)CNS(=O)(=O)N1CC1. The van der Waals surface area contributed by atoms with Crippen LogP contribution in [-0.4, -0.2) is 32.4 Å². The highest BCUT2D eigenvalue weighted by molar-refractivity contribution is 7.87. The lowest BCUT2D eigenvalue weighted by Crippen LogP contribution is -2.37. The van der Waals surface area contributed by atoms with Crippen LogP contribution >= 0.6 is 0 Å². The van der Waals surface area contributed by atoms with E-state index in [1.807, 2.05) is 0 Å². The maximum absolute atomic E-state index is 11.4. The Hall–Kier alpha value is -0.130. The molecule has 4 nitrogen and oxygen atoms in total. The van der Waals surface area contributed by atoms with Crippen LogP contribution in [0, 0.1) is 5.41 Å². The molecule has 0 aromatic carbocycles. The van der Waals surface area contributed by atoms with Crippen molar-refractivity contribution in [2.45, 2.75) is 27.2 Å². The standard InChI is InChI=1S/C8H18N2O2S/c1-4-8(2,3)7-9-13(11,12)10-5-6-10/h9H,4-7H2,1-3H3. The Bertz CT molecular complexity index is 268. The van der Waals surface area contributed by atoms with Crippen LogP contribution < -0.4 is 4.72 Å². The molecule has 0 aromatic rings. The van der Waals surface area contributed by atoms with Crippen LogP contribution in [-0.2, 0) is 10.2 Å². The summed E-state index contributed by atoms with van der Waals surface area (Å²) >= 11 is 0. The van der Waals surface area contributed by atoms with Gasteiger partial charge in [-0.15, -0.1) is 0 Å². The maximum atomic E-state index is 11.4. The quantitative estimate of drug-likeness (QED) is 0.669. The molecule has 1 heterocycles. The molecule has 0 aliphatic carbocycles. The number of hydrogen-bond donors (Lipinski definition) is 1. The maximum Gasteiger partial charge on any atom is 0.279 e. The van der Waals surface area contributed by atoms with E-state index in [2.05, 4.69) is 25.5 Å². The molecule has 0 saturated carbocycles. The Morgan fingerprint density at radius 1 is 1.38 bits per heavy atom. The third kappa shape index (κ3) is 3.25. The van der Waals surface area contributed by atoms with Gasteiger partial charge in [0.2, 0.25) is 0 Å². The molecule has 0 bridgehead atoms. The highest BCUT2D eigenvalue weighted by Gasteiger charge is 2.32. The van der Waals surface area contributed by atoms with Gasteiger partial charge < -0.3 is 0 Å². The molecule has 0 atom stereocenters. The van der Waals surface area contributed by atoms with Crippen LogP contribution in [0.5, 0.6) is 0 Å². The van der Waals surface area contributed by atoms with E-state index < -0.39 is 10.2 Å². The number of nitrogens with one attached hydrogen (secondary N) is 1. The van der Waals surface area contributed by atoms with Gasteiger partial charge in [0, 0.05) is 19.6 Å². The van der Waals surface area contributed by atoms with E-state index in [0.717, 1.165) is 6.42 Å². The Kier molecular flexibility index (Phi) is 2.99. The highest BCUT2D eigenvalue weighted by Crippen LogP contribution is 2.19. The first-order chi connectivity index (χ1) is 5.87. The predicted octanol–water partition coefficient (Wildman–Crippen LogP) is 0.573. The van der Waals surface area contributed by atoms with Crippen molar-refractivity contribution in [1.82, 2.24) is 9.03 Å². The van der Waals surface area contributed by atoms with Crippen molar-refractivity contribution >= 4 is 10.2 Å². The molecular weight excluding hydrogens is 188 g/mol. The van der Waals surface area contributed by atoms with Gasteiger partial charge in [0.25, 0.3) is 10.2 Å². The van der Waals surface area contributed by atoms with Crippen molar-refractivity contribution in [2.75, 3.05) is 19.6 Å². The zero-order valence-electron chi connectivity index (χ0n) is 8.50. The van der Waals surface area contributed by atoms with Crippen LogP contribution in [0.1, 0.15) is 27.2 Å². The van der Waals surface area contributed by atoms with Gasteiger partial charge in [-0.25, -0.2) is 4.72 Å². The van der Waals surface area contributed by atoms with Crippen LogP contribution in [0.4, 0.5) is 0 Å². The minimum Gasteiger partial charge on any atom is -0.202 e. The smallest absolute Gasteiger partial charge is 0.202 e. The average Bonchev–Trinajstić information content (AvgIpc) is 2.84. The summed E-state index contributed by atoms with van der Waals surface area (Å²) in [5.41, 5.74) is 0.0447. The molecule has 78 valence electrons. The fraction of sp³-hybridized carbons (Fsp3) is 1.00. The fourth-order valence-electron chi connectivity index (χ4n) is 0.784. The molecule has 1 rings (SSSR count). The minimum absolute atomic E-state index is 0.0447. The molecule has 1 aliphatic rings. The summed E-state index contributed by atoms with van der Waals surface area (Å²) in [5, 5.41) is 0. The van der Waals surface area contributed by atoms with Gasteiger partial charge in [0.15, 0.2) is 0 Å². The minimum atomic E-state index is -3.15. The predicted molar refractivity (Wildman–Crippen MR) is 52.6 cm³/mol. The lowest BCUT2D eigenvalue weighted by atomic mass is 9.91. The molecule has 0 amide bonds. The molecule has 1 aliphatic heterocycles. The van der Waals surface area contributed by atoms with E-state index >= 15 is 0 Å². The summed E-state index contributed by atoms with van der Waals surface area (Å²) in [4.78, 5) is 0. The van der Waals surface area contributed by atoms with Gasteiger partial charge in [-0.2, -0.15) is 12.7 Å². The zero-order valence-corrected chi connectivity index (χ0v) is 9.32. The molecular formula is C8H18N2O2S. The normalized spacial score (nSPS) is 19.0. The summed E-state index contributed by atoms with van der Waals surface area (Å²) < 4.78 is 26.8. The topological polar surface area (TPSA) is 49.2 Å². The van der Waals surface area contributed by atoms with Crippen LogP contribution in [0.2, 0.25) is 0 Å². The van der Waals surface area contributed by atoms with Gasteiger partial charge in [0.05, 0.1) is 0 Å². The molecule has 0 aromatic heterocycles. The van der Waals surface area contributed by atoms with E-state index in [1.165, 1.54) is 4.31 Å². The Labute approximate surface area is 80.5 Å². The first-order valence-electron chi connectivity index (χ1n) is 4.62. The average molecular weight is 206 g/mol. The number of rotatable bonds is 5. The Balaban J connectivity index is 2.41. The van der Waals surface area contributed by atoms with Crippen LogP contribution in [0.25, 0.3) is 0 Å². The summed E-state index contributed by atoms with van der Waals surface area (Å²) in [6, 6.07) is 0. The highest BCUT2D eigenvalue weighted by atomic mass is 32.2. The molecule has 1 saturated heterocycles. The van der Waals surface area contributed by atoms with Gasteiger partial charge in [-0.1, -0.05) is 20.8 Å². The van der Waals surface area contributed by atoms with E-state index in [0.29, 0.717) is 19.6 Å². The summed E-state index contributed by atoms with van der Waals surface area (Å²) in [6.07, 6.45) is 0.968. The van der Waals surface area contributed by atoms with E-state index in [-0.39, 0.29) is 5.41 Å². The monoisotopic (exact) mass is 206 g/mol. The van der Waals surface area contributed by atoms with Gasteiger partial charge >= 0.3 is 0 Å². The van der Waals surface area contributed by atoms with E-state index in [1.54, 1.807) is 0 Å². The summed E-state index contributed by atoms with van der Waals surface area (Å²) in [5.74, 6) is 0. The molecule has 1 fully saturated rings. The first kappa shape index (κ1) is 10.9. The van der Waals surface area contributed by atoms with Gasteiger partial charge in [0.1, 0.15) is 0 Å². The number of hydrogen-bond acceptors (Lipinski definition) is 2. The Morgan fingerprint density at radius 2 is 1.92 bits per heavy atom. The van der Waals surface area contributed by atoms with Crippen LogP contribution in [0.15, 0.2) is 0 Å².